The molecular formula is C23H25Cl2N3O3. The summed E-state index contributed by atoms with van der Waals surface area (Å²) in [5, 5.41) is 1.09. The van der Waals surface area contributed by atoms with E-state index in [1.54, 1.807) is 4.90 Å². The summed E-state index contributed by atoms with van der Waals surface area (Å²) in [6, 6.07) is 15.6. The van der Waals surface area contributed by atoms with Crippen molar-refractivity contribution >= 4 is 40.8 Å². The Labute approximate surface area is 192 Å². The van der Waals surface area contributed by atoms with Crippen molar-refractivity contribution in [3.8, 4) is 0 Å². The van der Waals surface area contributed by atoms with E-state index < -0.39 is 11.5 Å². The van der Waals surface area contributed by atoms with Crippen LogP contribution in [0.3, 0.4) is 0 Å². The molecule has 0 N–H and O–H groups in total. The topological polar surface area (TPSA) is 53.1 Å². The third-order valence-electron chi connectivity index (χ3n) is 6.20. The van der Waals surface area contributed by atoms with E-state index in [1.165, 1.54) is 7.11 Å². The number of halogens is 2. The van der Waals surface area contributed by atoms with Crippen LogP contribution in [-0.2, 0) is 20.9 Å². The van der Waals surface area contributed by atoms with Gasteiger partial charge in [-0.25, -0.2) is 0 Å². The first-order chi connectivity index (χ1) is 14.9. The summed E-state index contributed by atoms with van der Waals surface area (Å²) in [6.07, 6.45) is 1.36. The van der Waals surface area contributed by atoms with Crippen LogP contribution in [0.4, 0.5) is 5.69 Å². The zero-order valence-electron chi connectivity index (χ0n) is 17.4. The number of anilines is 1. The second kappa shape index (κ2) is 9.07. The molecule has 0 saturated carbocycles. The van der Waals surface area contributed by atoms with E-state index in [0.717, 1.165) is 30.9 Å². The monoisotopic (exact) mass is 461 g/mol. The molecule has 0 unspecified atom stereocenters. The minimum atomic E-state index is -0.649. The third-order valence-corrected chi connectivity index (χ3v) is 6.94. The number of rotatable bonds is 5. The van der Waals surface area contributed by atoms with Crippen molar-refractivity contribution < 1.29 is 14.3 Å². The van der Waals surface area contributed by atoms with Crippen LogP contribution < -0.4 is 4.90 Å². The number of hydrogen-bond acceptors (Lipinski definition) is 5. The Hall–Kier alpha value is -2.28. The molecule has 4 rings (SSSR count). The van der Waals surface area contributed by atoms with Crippen LogP contribution in [0.25, 0.3) is 0 Å². The molecule has 2 fully saturated rings. The number of benzene rings is 2. The van der Waals surface area contributed by atoms with E-state index in [1.807, 2.05) is 48.5 Å². The van der Waals surface area contributed by atoms with E-state index in [-0.39, 0.29) is 12.5 Å². The lowest BCUT2D eigenvalue weighted by atomic mass is 9.85. The zero-order valence-corrected chi connectivity index (χ0v) is 18.9. The normalized spacial score (nSPS) is 18.6. The Bertz CT molecular complexity index is 962. The zero-order chi connectivity index (χ0) is 22.0. The van der Waals surface area contributed by atoms with Crippen LogP contribution in [0.5, 0.6) is 0 Å². The van der Waals surface area contributed by atoms with Gasteiger partial charge in [0.2, 0.25) is 0 Å². The minimum absolute atomic E-state index is 0.00376. The smallest absolute Gasteiger partial charge is 0.325 e. The lowest BCUT2D eigenvalue weighted by molar-refractivity contribution is -0.146. The molecule has 164 valence electrons. The van der Waals surface area contributed by atoms with Gasteiger partial charge in [0.15, 0.2) is 0 Å². The van der Waals surface area contributed by atoms with Crippen molar-refractivity contribution in [2.24, 2.45) is 0 Å². The molecule has 1 spiro atoms. The highest BCUT2D eigenvalue weighted by atomic mass is 35.5. The number of esters is 1. The molecule has 2 aliphatic heterocycles. The molecule has 2 heterocycles. The Morgan fingerprint density at radius 2 is 1.77 bits per heavy atom. The molecule has 0 atom stereocenters. The molecule has 2 aliphatic rings. The van der Waals surface area contributed by atoms with Crippen LogP contribution in [0.1, 0.15) is 18.4 Å². The predicted molar refractivity (Wildman–Crippen MR) is 121 cm³/mol. The molecule has 2 aromatic rings. The number of amides is 1. The number of ether oxygens (including phenoxy) is 1. The summed E-state index contributed by atoms with van der Waals surface area (Å²) < 4.78 is 4.80. The van der Waals surface area contributed by atoms with Gasteiger partial charge >= 0.3 is 5.97 Å². The molecule has 31 heavy (non-hydrogen) atoms. The highest BCUT2D eigenvalue weighted by Crippen LogP contribution is 2.39. The molecule has 2 aromatic carbocycles. The largest absolute Gasteiger partial charge is 0.468 e. The molecule has 8 heteroatoms. The van der Waals surface area contributed by atoms with Gasteiger partial charge in [-0.05, 0) is 42.7 Å². The first-order valence-electron chi connectivity index (χ1n) is 10.3. The van der Waals surface area contributed by atoms with Crippen molar-refractivity contribution in [3.05, 3.63) is 64.1 Å². The standard InChI is InChI=1S/C23H25Cl2N3O3/c1-31-21(29)15-27-16-28(18-5-3-2-4-6-18)23(22(27)30)9-11-26(12-10-23)14-17-7-8-19(24)20(25)13-17/h2-8,13H,9-12,14-16H2,1H3. The molecule has 1 amide bonds. The fourth-order valence-corrected chi connectivity index (χ4v) is 4.84. The number of carbonyl (C=O) groups excluding carboxylic acids is 2. The van der Waals surface area contributed by atoms with Crippen molar-refractivity contribution in [1.82, 2.24) is 9.80 Å². The van der Waals surface area contributed by atoms with Gasteiger partial charge in [-0.3, -0.25) is 14.5 Å². The summed E-state index contributed by atoms with van der Waals surface area (Å²) in [7, 11) is 1.34. The van der Waals surface area contributed by atoms with E-state index >= 15 is 0 Å². The van der Waals surface area contributed by atoms with Crippen molar-refractivity contribution in [2.75, 3.05) is 38.3 Å². The van der Waals surface area contributed by atoms with Crippen LogP contribution >= 0.6 is 23.2 Å². The number of likely N-dealkylation sites (tertiary alicyclic amines) is 1. The van der Waals surface area contributed by atoms with Gasteiger partial charge in [0.25, 0.3) is 5.91 Å². The molecule has 0 aliphatic carbocycles. The second-order valence-corrected chi connectivity index (χ2v) is 8.85. The Morgan fingerprint density at radius 1 is 1.06 bits per heavy atom. The van der Waals surface area contributed by atoms with Gasteiger partial charge in [-0.2, -0.15) is 0 Å². The van der Waals surface area contributed by atoms with Crippen LogP contribution in [-0.4, -0.2) is 60.6 Å². The summed E-state index contributed by atoms with van der Waals surface area (Å²) >= 11 is 12.2. The lowest BCUT2D eigenvalue weighted by Crippen LogP contribution is -2.56. The number of nitrogens with zero attached hydrogens (tertiary/aromatic N) is 3. The van der Waals surface area contributed by atoms with E-state index in [0.29, 0.717) is 29.6 Å². The maximum Gasteiger partial charge on any atom is 0.325 e. The van der Waals surface area contributed by atoms with Gasteiger partial charge < -0.3 is 14.5 Å². The van der Waals surface area contributed by atoms with E-state index in [2.05, 4.69) is 9.80 Å². The summed E-state index contributed by atoms with van der Waals surface area (Å²) in [5.74, 6) is -0.411. The van der Waals surface area contributed by atoms with E-state index in [9.17, 15) is 9.59 Å². The van der Waals surface area contributed by atoms with E-state index in [4.69, 9.17) is 27.9 Å². The first-order valence-corrected chi connectivity index (χ1v) is 11.0. The number of piperidine rings is 1. The summed E-state index contributed by atoms with van der Waals surface area (Å²) in [6.45, 7) is 2.62. The highest BCUT2D eigenvalue weighted by molar-refractivity contribution is 6.42. The van der Waals surface area contributed by atoms with Gasteiger partial charge in [0.1, 0.15) is 12.1 Å². The van der Waals surface area contributed by atoms with Crippen LogP contribution in [0.2, 0.25) is 10.0 Å². The maximum absolute atomic E-state index is 13.5. The van der Waals surface area contributed by atoms with Crippen LogP contribution in [0, 0.1) is 0 Å². The fraction of sp³-hybridized carbons (Fsp3) is 0.391. The molecule has 0 aromatic heterocycles. The highest BCUT2D eigenvalue weighted by Gasteiger charge is 2.54. The molecule has 0 bridgehead atoms. The quantitative estimate of drug-likeness (QED) is 0.633. The van der Waals surface area contributed by atoms with Gasteiger partial charge in [0, 0.05) is 25.3 Å². The van der Waals surface area contributed by atoms with Gasteiger partial charge in [0.05, 0.1) is 23.8 Å². The third kappa shape index (κ3) is 4.38. The molecule has 0 radical (unpaired) electrons. The number of carbonyl (C=O) groups is 2. The molecular weight excluding hydrogens is 437 g/mol. The van der Waals surface area contributed by atoms with Gasteiger partial charge in [-0.15, -0.1) is 0 Å². The Balaban J connectivity index is 1.53. The predicted octanol–water partition coefficient (Wildman–Crippen LogP) is 3.81. The average molecular weight is 462 g/mol. The number of methoxy groups -OCH3 is 1. The lowest BCUT2D eigenvalue weighted by Gasteiger charge is -2.43. The molecule has 6 nitrogen and oxygen atoms in total. The summed E-state index contributed by atoms with van der Waals surface area (Å²) in [5.41, 5.74) is 1.43. The number of hydrogen-bond donors (Lipinski definition) is 0. The number of para-hydroxylation sites is 1. The average Bonchev–Trinajstić information content (AvgIpc) is 3.04. The van der Waals surface area contributed by atoms with Gasteiger partial charge in [-0.1, -0.05) is 47.5 Å². The molecule has 2 saturated heterocycles. The second-order valence-electron chi connectivity index (χ2n) is 8.04. The van der Waals surface area contributed by atoms with Crippen molar-refractivity contribution in [1.29, 1.82) is 0 Å². The maximum atomic E-state index is 13.5. The fourth-order valence-electron chi connectivity index (χ4n) is 4.52. The minimum Gasteiger partial charge on any atom is -0.468 e. The summed E-state index contributed by atoms with van der Waals surface area (Å²) in [4.78, 5) is 31.4. The first kappa shape index (κ1) is 21.9. The van der Waals surface area contributed by atoms with Crippen molar-refractivity contribution in [3.63, 3.8) is 0 Å². The SMILES string of the molecule is COC(=O)CN1CN(c2ccccc2)C2(CCN(Cc3ccc(Cl)c(Cl)c3)CC2)C1=O. The Morgan fingerprint density at radius 3 is 2.42 bits per heavy atom. The Kier molecular flexibility index (Phi) is 6.42. The van der Waals surface area contributed by atoms with Crippen LogP contribution in [0.15, 0.2) is 48.5 Å². The van der Waals surface area contributed by atoms with Crippen molar-refractivity contribution in [2.45, 2.75) is 24.9 Å².